The molecule has 1 heterocycles. The fraction of sp³-hybridized carbons (Fsp3) is 0.286. The van der Waals surface area contributed by atoms with Crippen molar-refractivity contribution in [3.05, 3.63) is 70.9 Å². The van der Waals surface area contributed by atoms with Gasteiger partial charge >= 0.3 is 0 Å². The first-order valence-corrected chi connectivity index (χ1v) is 8.96. The van der Waals surface area contributed by atoms with Gasteiger partial charge in [0.05, 0.1) is 12.6 Å². The third kappa shape index (κ3) is 3.98. The summed E-state index contributed by atoms with van der Waals surface area (Å²) in [6, 6.07) is 15.5. The Morgan fingerprint density at radius 2 is 1.88 bits per heavy atom. The summed E-state index contributed by atoms with van der Waals surface area (Å²) in [6.45, 7) is 4.95. The molecule has 0 aliphatic rings. The van der Waals surface area contributed by atoms with Gasteiger partial charge < -0.3 is 15.8 Å². The Morgan fingerprint density at radius 3 is 2.58 bits per heavy atom. The topological polar surface area (TPSA) is 60.2 Å². The van der Waals surface area contributed by atoms with E-state index in [9.17, 15) is 0 Å². The highest BCUT2D eigenvalue weighted by Gasteiger charge is 2.28. The lowest BCUT2D eigenvalue weighted by Gasteiger charge is -2.34. The molecule has 0 spiro atoms. The van der Waals surface area contributed by atoms with E-state index in [1.807, 2.05) is 36.4 Å². The third-order valence-electron chi connectivity index (χ3n) is 4.76. The lowest BCUT2D eigenvalue weighted by Crippen LogP contribution is -2.48. The standard InChI is InChI=1S/C21H24ClN3O/c1-21(2,25-13-14-4-7-16(26-3)8-5-14)20(23)18-10-11-24-19-12-15(22)6-9-17(18)19/h4-12,20,25H,13,23H2,1-3H3. The largest absolute Gasteiger partial charge is 0.497 e. The molecule has 0 fully saturated rings. The normalized spacial score (nSPS) is 13.0. The maximum absolute atomic E-state index is 6.64. The second-order valence-electron chi connectivity index (χ2n) is 6.96. The number of methoxy groups -OCH3 is 1. The number of pyridine rings is 1. The number of aromatic nitrogens is 1. The fourth-order valence-corrected chi connectivity index (χ4v) is 3.15. The van der Waals surface area contributed by atoms with Crippen LogP contribution in [-0.2, 0) is 6.54 Å². The Kier molecular flexibility index (Phi) is 5.47. The van der Waals surface area contributed by atoms with Gasteiger partial charge in [-0.15, -0.1) is 0 Å². The van der Waals surface area contributed by atoms with Crippen molar-refractivity contribution in [2.45, 2.75) is 32.0 Å². The molecular weight excluding hydrogens is 346 g/mol. The molecule has 5 heteroatoms. The first-order valence-electron chi connectivity index (χ1n) is 8.58. The molecule has 1 aromatic heterocycles. The molecule has 136 valence electrons. The Balaban J connectivity index is 1.80. The monoisotopic (exact) mass is 369 g/mol. The minimum atomic E-state index is -0.312. The predicted octanol–water partition coefficient (Wildman–Crippen LogP) is 4.47. The Hall–Kier alpha value is -2.14. The predicted molar refractivity (Wildman–Crippen MR) is 108 cm³/mol. The number of nitrogens with one attached hydrogen (secondary N) is 1. The van der Waals surface area contributed by atoms with E-state index in [2.05, 4.69) is 36.3 Å². The van der Waals surface area contributed by atoms with E-state index in [1.54, 1.807) is 13.3 Å². The second kappa shape index (κ2) is 7.62. The number of ether oxygens (including phenoxy) is 1. The van der Waals surface area contributed by atoms with Gasteiger partial charge in [0.25, 0.3) is 0 Å². The average Bonchev–Trinajstić information content (AvgIpc) is 2.65. The molecule has 0 aliphatic heterocycles. The van der Waals surface area contributed by atoms with Gasteiger partial charge in [-0.05, 0) is 55.3 Å². The van der Waals surface area contributed by atoms with Crippen molar-refractivity contribution in [2.75, 3.05) is 7.11 Å². The molecule has 0 bridgehead atoms. The summed E-state index contributed by atoms with van der Waals surface area (Å²) in [7, 11) is 1.67. The maximum atomic E-state index is 6.64. The number of rotatable bonds is 6. The van der Waals surface area contributed by atoms with E-state index in [4.69, 9.17) is 22.1 Å². The van der Waals surface area contributed by atoms with Crippen molar-refractivity contribution in [3.63, 3.8) is 0 Å². The number of hydrogen-bond acceptors (Lipinski definition) is 4. The van der Waals surface area contributed by atoms with Crippen molar-refractivity contribution < 1.29 is 4.74 Å². The highest BCUT2D eigenvalue weighted by molar-refractivity contribution is 6.31. The van der Waals surface area contributed by atoms with Crippen molar-refractivity contribution in [3.8, 4) is 5.75 Å². The molecule has 3 rings (SSSR count). The van der Waals surface area contributed by atoms with Crippen LogP contribution in [0.3, 0.4) is 0 Å². The van der Waals surface area contributed by atoms with Crippen LogP contribution in [0.1, 0.15) is 31.0 Å². The van der Waals surface area contributed by atoms with E-state index in [-0.39, 0.29) is 11.6 Å². The van der Waals surface area contributed by atoms with Crippen LogP contribution in [-0.4, -0.2) is 17.6 Å². The molecule has 26 heavy (non-hydrogen) atoms. The van der Waals surface area contributed by atoms with Gasteiger partial charge in [0.15, 0.2) is 0 Å². The van der Waals surface area contributed by atoms with E-state index < -0.39 is 0 Å². The second-order valence-corrected chi connectivity index (χ2v) is 7.40. The van der Waals surface area contributed by atoms with Crippen LogP contribution in [0.25, 0.3) is 10.9 Å². The minimum absolute atomic E-state index is 0.201. The molecule has 1 atom stereocenters. The summed E-state index contributed by atoms with van der Waals surface area (Å²) < 4.78 is 5.20. The Labute approximate surface area is 159 Å². The Bertz CT molecular complexity index is 893. The first-order chi connectivity index (χ1) is 12.4. The molecular formula is C21H24ClN3O. The molecule has 3 N–H and O–H groups in total. The van der Waals surface area contributed by atoms with Gasteiger partial charge in [-0.1, -0.05) is 29.8 Å². The van der Waals surface area contributed by atoms with Crippen molar-refractivity contribution in [2.24, 2.45) is 5.73 Å². The SMILES string of the molecule is COc1ccc(CNC(C)(C)C(N)c2ccnc3cc(Cl)ccc23)cc1. The molecule has 0 aliphatic carbocycles. The van der Waals surface area contributed by atoms with E-state index in [0.29, 0.717) is 5.02 Å². The van der Waals surface area contributed by atoms with Gasteiger partial charge in [0, 0.05) is 34.7 Å². The number of fused-ring (bicyclic) bond motifs is 1. The van der Waals surface area contributed by atoms with Gasteiger partial charge in [-0.3, -0.25) is 4.98 Å². The number of nitrogens with two attached hydrogens (primary N) is 1. The summed E-state index contributed by atoms with van der Waals surface area (Å²) in [5.41, 5.74) is 9.42. The lowest BCUT2D eigenvalue weighted by atomic mass is 9.87. The van der Waals surface area contributed by atoms with Gasteiger partial charge in [-0.25, -0.2) is 0 Å². The Morgan fingerprint density at radius 1 is 1.15 bits per heavy atom. The number of nitrogens with zero attached hydrogens (tertiary/aromatic N) is 1. The zero-order chi connectivity index (χ0) is 18.7. The van der Waals surface area contributed by atoms with Crippen LogP contribution >= 0.6 is 11.6 Å². The quantitative estimate of drug-likeness (QED) is 0.673. The molecule has 4 nitrogen and oxygen atoms in total. The zero-order valence-electron chi connectivity index (χ0n) is 15.3. The van der Waals surface area contributed by atoms with Crippen LogP contribution in [0.5, 0.6) is 5.75 Å². The number of benzene rings is 2. The first kappa shape index (κ1) is 18.6. The van der Waals surface area contributed by atoms with Crippen LogP contribution in [0.4, 0.5) is 0 Å². The highest BCUT2D eigenvalue weighted by Crippen LogP contribution is 2.30. The van der Waals surface area contributed by atoms with Crippen LogP contribution < -0.4 is 15.8 Å². The van der Waals surface area contributed by atoms with Gasteiger partial charge in [-0.2, -0.15) is 0 Å². The molecule has 0 saturated carbocycles. The number of hydrogen-bond donors (Lipinski definition) is 2. The van der Waals surface area contributed by atoms with E-state index in [1.165, 1.54) is 5.56 Å². The zero-order valence-corrected chi connectivity index (χ0v) is 16.0. The fourth-order valence-electron chi connectivity index (χ4n) is 2.99. The molecule has 3 aromatic rings. The molecule has 1 unspecified atom stereocenters. The lowest BCUT2D eigenvalue weighted by molar-refractivity contribution is 0.322. The summed E-state index contributed by atoms with van der Waals surface area (Å²) in [5, 5.41) is 5.28. The third-order valence-corrected chi connectivity index (χ3v) is 4.99. The van der Waals surface area contributed by atoms with Crippen LogP contribution in [0, 0.1) is 0 Å². The molecule has 0 amide bonds. The van der Waals surface area contributed by atoms with Gasteiger partial charge in [0.2, 0.25) is 0 Å². The molecule has 2 aromatic carbocycles. The van der Waals surface area contributed by atoms with Crippen molar-refractivity contribution in [1.82, 2.24) is 10.3 Å². The van der Waals surface area contributed by atoms with Crippen LogP contribution in [0.15, 0.2) is 54.7 Å². The highest BCUT2D eigenvalue weighted by atomic mass is 35.5. The smallest absolute Gasteiger partial charge is 0.118 e. The molecule has 0 radical (unpaired) electrons. The van der Waals surface area contributed by atoms with Gasteiger partial charge in [0.1, 0.15) is 5.75 Å². The number of halogens is 1. The van der Waals surface area contributed by atoms with Crippen LogP contribution in [0.2, 0.25) is 5.02 Å². The summed E-state index contributed by atoms with van der Waals surface area (Å²) in [5.74, 6) is 0.853. The summed E-state index contributed by atoms with van der Waals surface area (Å²) >= 11 is 6.09. The maximum Gasteiger partial charge on any atom is 0.118 e. The van der Waals surface area contributed by atoms with E-state index >= 15 is 0 Å². The van der Waals surface area contributed by atoms with Crippen molar-refractivity contribution >= 4 is 22.5 Å². The minimum Gasteiger partial charge on any atom is -0.497 e. The van der Waals surface area contributed by atoms with Crippen molar-refractivity contribution in [1.29, 1.82) is 0 Å². The van der Waals surface area contributed by atoms with E-state index in [0.717, 1.165) is 28.8 Å². The summed E-state index contributed by atoms with van der Waals surface area (Å²) in [6.07, 6.45) is 1.79. The molecule has 0 saturated heterocycles. The summed E-state index contributed by atoms with van der Waals surface area (Å²) in [4.78, 5) is 4.40. The average molecular weight is 370 g/mol.